The SMILES string of the molecule is CC1CC(C(=O)C2CCC3C(C=NN3Cc3ccccc3)C2)C(=O)N(C(=O)OC(C)(C)C)C1. The van der Waals surface area contributed by atoms with Gasteiger partial charge in [0.15, 0.2) is 0 Å². The van der Waals surface area contributed by atoms with Crippen LogP contribution in [0, 0.1) is 23.7 Å². The average Bonchev–Trinajstić information content (AvgIpc) is 3.16. The van der Waals surface area contributed by atoms with Crippen LogP contribution in [0.25, 0.3) is 0 Å². The summed E-state index contributed by atoms with van der Waals surface area (Å²) >= 11 is 0. The number of Topliss-reactive ketones (excluding diaryl/α,β-unsaturated/α-hetero) is 1. The normalized spacial score (nSPS) is 29.7. The summed E-state index contributed by atoms with van der Waals surface area (Å²) in [7, 11) is 0. The van der Waals surface area contributed by atoms with Gasteiger partial charge in [-0.3, -0.25) is 14.6 Å². The highest BCUT2D eigenvalue weighted by Crippen LogP contribution is 2.39. The van der Waals surface area contributed by atoms with Crippen molar-refractivity contribution >= 4 is 24.0 Å². The zero-order valence-corrected chi connectivity index (χ0v) is 20.1. The zero-order valence-electron chi connectivity index (χ0n) is 20.1. The summed E-state index contributed by atoms with van der Waals surface area (Å²) in [5, 5.41) is 6.78. The van der Waals surface area contributed by atoms with Crippen molar-refractivity contribution in [2.24, 2.45) is 28.8 Å². The molecule has 7 heteroatoms. The highest BCUT2D eigenvalue weighted by atomic mass is 16.6. The number of carbonyl (C=O) groups excluding carboxylic acids is 3. The Labute approximate surface area is 196 Å². The Kier molecular flexibility index (Phi) is 6.59. The van der Waals surface area contributed by atoms with E-state index in [0.717, 1.165) is 24.3 Å². The summed E-state index contributed by atoms with van der Waals surface area (Å²) in [6.07, 6.45) is 4.16. The van der Waals surface area contributed by atoms with Crippen LogP contribution >= 0.6 is 0 Å². The summed E-state index contributed by atoms with van der Waals surface area (Å²) < 4.78 is 5.42. The van der Waals surface area contributed by atoms with Crippen LogP contribution in [0.3, 0.4) is 0 Å². The third kappa shape index (κ3) is 5.28. The highest BCUT2D eigenvalue weighted by molar-refractivity contribution is 6.07. The molecule has 2 amide bonds. The molecule has 3 aliphatic rings. The second-order valence-corrected chi connectivity index (χ2v) is 10.8. The molecule has 1 saturated heterocycles. The molecule has 0 spiro atoms. The van der Waals surface area contributed by atoms with Gasteiger partial charge in [0.2, 0.25) is 5.91 Å². The van der Waals surface area contributed by atoms with E-state index in [1.807, 2.05) is 31.3 Å². The van der Waals surface area contributed by atoms with E-state index in [9.17, 15) is 14.4 Å². The molecule has 0 bridgehead atoms. The molecule has 178 valence electrons. The fourth-order valence-electron chi connectivity index (χ4n) is 5.33. The van der Waals surface area contributed by atoms with Crippen molar-refractivity contribution in [1.82, 2.24) is 9.91 Å². The molecule has 7 nitrogen and oxygen atoms in total. The van der Waals surface area contributed by atoms with E-state index in [2.05, 4.69) is 22.2 Å². The predicted molar refractivity (Wildman–Crippen MR) is 125 cm³/mol. The first-order valence-corrected chi connectivity index (χ1v) is 12.0. The number of carbonyl (C=O) groups is 3. The molecule has 33 heavy (non-hydrogen) atoms. The minimum Gasteiger partial charge on any atom is -0.443 e. The molecule has 1 saturated carbocycles. The average molecular weight is 454 g/mol. The third-order valence-corrected chi connectivity index (χ3v) is 6.89. The lowest BCUT2D eigenvalue weighted by molar-refractivity contribution is -0.147. The molecule has 2 heterocycles. The van der Waals surface area contributed by atoms with Crippen molar-refractivity contribution < 1.29 is 19.1 Å². The molecule has 0 radical (unpaired) electrons. The van der Waals surface area contributed by atoms with Crippen molar-refractivity contribution in [2.45, 2.75) is 71.6 Å². The van der Waals surface area contributed by atoms with Crippen molar-refractivity contribution in [3.05, 3.63) is 35.9 Å². The predicted octanol–water partition coefficient (Wildman–Crippen LogP) is 4.26. The standard InChI is InChI=1S/C26H35N3O4/c1-17-12-21(24(31)28(15-17)25(32)33-26(2,3)4)23(30)19-10-11-22-20(13-19)14-27-29(22)16-18-8-6-5-7-9-18/h5-9,14,17,19-22H,10-13,15-16H2,1-4H3. The summed E-state index contributed by atoms with van der Waals surface area (Å²) in [6.45, 7) is 8.36. The van der Waals surface area contributed by atoms with Crippen molar-refractivity contribution in [3.8, 4) is 0 Å². The quantitative estimate of drug-likeness (QED) is 0.637. The Morgan fingerprint density at radius 1 is 1.12 bits per heavy atom. The number of hydrogen-bond donors (Lipinski definition) is 0. The van der Waals surface area contributed by atoms with Gasteiger partial charge in [-0.15, -0.1) is 0 Å². The van der Waals surface area contributed by atoms with Crippen LogP contribution in [-0.2, 0) is 20.9 Å². The topological polar surface area (TPSA) is 79.3 Å². The Hall–Kier alpha value is -2.70. The van der Waals surface area contributed by atoms with E-state index in [1.165, 1.54) is 5.56 Å². The van der Waals surface area contributed by atoms with Gasteiger partial charge in [0.1, 0.15) is 11.4 Å². The molecule has 2 fully saturated rings. The zero-order chi connectivity index (χ0) is 23.8. The lowest BCUT2D eigenvalue weighted by Crippen LogP contribution is -2.52. The number of likely N-dealkylation sites (tertiary alicyclic amines) is 1. The number of nitrogens with zero attached hydrogens (tertiary/aromatic N) is 3. The molecule has 0 aromatic heterocycles. The molecular weight excluding hydrogens is 418 g/mol. The number of benzene rings is 1. The minimum atomic E-state index is -0.762. The number of hydrogen-bond acceptors (Lipinski definition) is 6. The number of fused-ring (bicyclic) bond motifs is 1. The van der Waals surface area contributed by atoms with E-state index in [0.29, 0.717) is 25.4 Å². The van der Waals surface area contributed by atoms with Gasteiger partial charge in [-0.25, -0.2) is 9.69 Å². The van der Waals surface area contributed by atoms with Crippen LogP contribution in [0.15, 0.2) is 35.4 Å². The maximum atomic E-state index is 13.5. The van der Waals surface area contributed by atoms with Crippen molar-refractivity contribution in [2.75, 3.05) is 6.54 Å². The Morgan fingerprint density at radius 3 is 2.55 bits per heavy atom. The van der Waals surface area contributed by atoms with Crippen LogP contribution in [0.5, 0.6) is 0 Å². The van der Waals surface area contributed by atoms with Gasteiger partial charge >= 0.3 is 6.09 Å². The van der Waals surface area contributed by atoms with E-state index < -0.39 is 23.5 Å². The molecular formula is C26H35N3O4. The largest absolute Gasteiger partial charge is 0.443 e. The first-order chi connectivity index (χ1) is 15.6. The molecule has 1 aromatic carbocycles. The summed E-state index contributed by atoms with van der Waals surface area (Å²) in [5.41, 5.74) is 0.529. The fourth-order valence-corrected chi connectivity index (χ4v) is 5.33. The van der Waals surface area contributed by atoms with Gasteiger partial charge < -0.3 is 4.74 Å². The lowest BCUT2D eigenvalue weighted by atomic mass is 9.72. The molecule has 5 unspecified atom stereocenters. The van der Waals surface area contributed by atoms with Crippen LogP contribution in [0.2, 0.25) is 0 Å². The smallest absolute Gasteiger partial charge is 0.417 e. The van der Waals surface area contributed by atoms with Gasteiger partial charge in [0.05, 0.1) is 18.5 Å². The van der Waals surface area contributed by atoms with Gasteiger partial charge in [-0.1, -0.05) is 37.3 Å². The number of ketones is 1. The number of rotatable bonds is 4. The van der Waals surface area contributed by atoms with Crippen molar-refractivity contribution in [3.63, 3.8) is 0 Å². The maximum Gasteiger partial charge on any atom is 0.417 e. The highest BCUT2D eigenvalue weighted by Gasteiger charge is 2.46. The summed E-state index contributed by atoms with van der Waals surface area (Å²) in [5.74, 6) is -1.08. The van der Waals surface area contributed by atoms with E-state index in [4.69, 9.17) is 4.74 Å². The van der Waals surface area contributed by atoms with E-state index in [1.54, 1.807) is 20.8 Å². The first kappa shape index (κ1) is 23.5. The monoisotopic (exact) mass is 453 g/mol. The molecule has 4 rings (SSSR count). The second-order valence-electron chi connectivity index (χ2n) is 10.8. The fraction of sp³-hybridized carbons (Fsp3) is 0.615. The number of piperidine rings is 1. The Balaban J connectivity index is 1.39. The number of ether oxygens (including phenoxy) is 1. The molecule has 1 aromatic rings. The van der Waals surface area contributed by atoms with Gasteiger partial charge in [-0.05, 0) is 57.9 Å². The second kappa shape index (κ2) is 9.27. The Morgan fingerprint density at radius 2 is 1.85 bits per heavy atom. The van der Waals surface area contributed by atoms with Crippen LogP contribution in [-0.4, -0.2) is 52.1 Å². The molecule has 2 aliphatic heterocycles. The summed E-state index contributed by atoms with van der Waals surface area (Å²) in [4.78, 5) is 40.3. The summed E-state index contributed by atoms with van der Waals surface area (Å²) in [6, 6.07) is 10.6. The number of amides is 2. The van der Waals surface area contributed by atoms with Crippen LogP contribution in [0.1, 0.15) is 58.9 Å². The van der Waals surface area contributed by atoms with Gasteiger partial charge in [0, 0.05) is 24.6 Å². The third-order valence-electron chi connectivity index (χ3n) is 6.89. The van der Waals surface area contributed by atoms with Crippen LogP contribution < -0.4 is 0 Å². The first-order valence-electron chi connectivity index (χ1n) is 12.0. The lowest BCUT2D eigenvalue weighted by Gasteiger charge is -2.38. The number of hydrazone groups is 1. The minimum absolute atomic E-state index is 0.0199. The van der Waals surface area contributed by atoms with Crippen molar-refractivity contribution in [1.29, 1.82) is 0 Å². The van der Waals surface area contributed by atoms with Gasteiger partial charge in [0.25, 0.3) is 0 Å². The Bertz CT molecular complexity index is 923. The number of imide groups is 1. The molecule has 5 atom stereocenters. The van der Waals surface area contributed by atoms with Crippen LogP contribution in [0.4, 0.5) is 4.79 Å². The van der Waals surface area contributed by atoms with Gasteiger partial charge in [-0.2, -0.15) is 5.10 Å². The van der Waals surface area contributed by atoms with E-state index in [-0.39, 0.29) is 23.5 Å². The van der Waals surface area contributed by atoms with E-state index >= 15 is 0 Å². The molecule has 0 N–H and O–H groups in total. The maximum absolute atomic E-state index is 13.5. The molecule has 1 aliphatic carbocycles.